The Morgan fingerprint density at radius 3 is 2.64 bits per heavy atom. The smallest absolute Gasteiger partial charge is 0.378 e. The molecular weight excluding hydrogens is 203 g/mol. The number of carbonyl (C=O) groups is 1. The lowest BCUT2D eigenvalue weighted by Gasteiger charge is -2.09. The van der Waals surface area contributed by atoms with Crippen LogP contribution in [0.1, 0.15) is 20.3 Å². The van der Waals surface area contributed by atoms with Crippen LogP contribution >= 0.6 is 7.60 Å². The summed E-state index contributed by atoms with van der Waals surface area (Å²) in [5.74, 6) is -0.750. The Labute approximate surface area is 83.8 Å². The fourth-order valence-electron chi connectivity index (χ4n) is 0.610. The van der Waals surface area contributed by atoms with E-state index in [-0.39, 0.29) is 6.16 Å². The minimum Gasteiger partial charge on any atom is -0.388 e. The molecule has 1 N–H and O–H groups in total. The maximum atomic E-state index is 11.2. The highest BCUT2D eigenvalue weighted by Crippen LogP contribution is 2.41. The van der Waals surface area contributed by atoms with E-state index in [2.05, 4.69) is 11.1 Å². The summed E-state index contributed by atoms with van der Waals surface area (Å²) in [6.45, 7) is 6.49. The molecule has 0 aliphatic rings. The topological polar surface area (TPSA) is 63.6 Å². The van der Waals surface area contributed by atoms with Gasteiger partial charge in [-0.2, -0.15) is 0 Å². The average Bonchev–Trinajstić information content (AvgIpc) is 2.13. The second kappa shape index (κ2) is 5.78. The van der Waals surface area contributed by atoms with E-state index < -0.39 is 13.6 Å². The molecule has 0 bridgehead atoms. The fourth-order valence-corrected chi connectivity index (χ4v) is 1.14. The third-order valence-corrected chi connectivity index (χ3v) is 2.79. The highest BCUT2D eigenvalue weighted by molar-refractivity contribution is 7.53. The van der Waals surface area contributed by atoms with Crippen molar-refractivity contribution in [2.24, 2.45) is 0 Å². The zero-order valence-electron chi connectivity index (χ0n) is 8.40. The van der Waals surface area contributed by atoms with Crippen molar-refractivity contribution in [1.29, 1.82) is 0 Å². The normalized spacial score (nSPS) is 15.8. The Hall–Kier alpha value is -0.860. The average molecular weight is 218 g/mol. The van der Waals surface area contributed by atoms with Crippen molar-refractivity contribution in [2.75, 3.05) is 6.16 Å². The first-order valence-electron chi connectivity index (χ1n) is 4.26. The van der Waals surface area contributed by atoms with Crippen molar-refractivity contribution in [2.45, 2.75) is 20.3 Å². The third kappa shape index (κ3) is 5.00. The summed E-state index contributed by atoms with van der Waals surface area (Å²) in [6.07, 6.45) is 3.66. The molecule has 0 amide bonds. The molecule has 5 heteroatoms. The lowest BCUT2D eigenvalue weighted by Crippen LogP contribution is -2.04. The summed E-state index contributed by atoms with van der Waals surface area (Å²) in [5.41, 5.74) is 0.313. The van der Waals surface area contributed by atoms with Crippen molar-refractivity contribution in [1.82, 2.24) is 0 Å². The molecule has 4 nitrogen and oxygen atoms in total. The highest BCUT2D eigenvalue weighted by atomic mass is 31.2. The lowest BCUT2D eigenvalue weighted by molar-refractivity contribution is -0.130. The van der Waals surface area contributed by atoms with Crippen molar-refractivity contribution in [3.8, 4) is 0 Å². The maximum Gasteiger partial charge on any atom is 0.378 e. The van der Waals surface area contributed by atoms with Crippen LogP contribution in [-0.2, 0) is 13.9 Å². The number of rotatable bonds is 5. The van der Waals surface area contributed by atoms with Crippen molar-refractivity contribution < 1.29 is 18.8 Å². The van der Waals surface area contributed by atoms with Crippen LogP contribution in [0.5, 0.6) is 0 Å². The van der Waals surface area contributed by atoms with Crippen LogP contribution in [0.3, 0.4) is 0 Å². The number of carbonyl (C=O) groups excluding carboxylic acids is 1. The second-order valence-corrected chi connectivity index (χ2v) is 4.83. The van der Waals surface area contributed by atoms with Gasteiger partial charge in [0.2, 0.25) is 0 Å². The van der Waals surface area contributed by atoms with E-state index >= 15 is 0 Å². The molecule has 0 aromatic rings. The van der Waals surface area contributed by atoms with Crippen LogP contribution in [0.2, 0.25) is 0 Å². The molecule has 0 saturated carbocycles. The molecule has 0 saturated heterocycles. The Kier molecular flexibility index (Phi) is 5.43. The summed E-state index contributed by atoms with van der Waals surface area (Å²) in [7, 11) is -3.73. The van der Waals surface area contributed by atoms with Gasteiger partial charge < -0.3 is 9.42 Å². The van der Waals surface area contributed by atoms with Gasteiger partial charge in [0.1, 0.15) is 0 Å². The third-order valence-electron chi connectivity index (χ3n) is 1.54. The predicted octanol–water partition coefficient (Wildman–Crippen LogP) is 2.26. The highest BCUT2D eigenvalue weighted by Gasteiger charge is 2.21. The number of hydrogen-bond donors (Lipinski definition) is 1. The first-order chi connectivity index (χ1) is 6.43. The Morgan fingerprint density at radius 2 is 2.21 bits per heavy atom. The summed E-state index contributed by atoms with van der Waals surface area (Å²) in [5, 5.41) is 0. The molecule has 0 radical (unpaired) electrons. The van der Waals surface area contributed by atoms with Gasteiger partial charge in [-0.25, -0.2) is 9.36 Å². The van der Waals surface area contributed by atoms with E-state index in [9.17, 15) is 9.36 Å². The molecule has 14 heavy (non-hydrogen) atoms. The molecule has 0 aliphatic heterocycles. The molecule has 0 fully saturated rings. The van der Waals surface area contributed by atoms with Gasteiger partial charge in [0, 0.05) is 5.57 Å². The molecule has 0 aromatic carbocycles. The van der Waals surface area contributed by atoms with Crippen LogP contribution in [0.25, 0.3) is 0 Å². The quantitative estimate of drug-likeness (QED) is 0.436. The Bertz CT molecular complexity index is 293. The van der Waals surface area contributed by atoms with E-state index in [1.807, 2.05) is 0 Å². The Morgan fingerprint density at radius 1 is 1.64 bits per heavy atom. The van der Waals surface area contributed by atoms with Gasteiger partial charge in [-0.05, 0) is 13.3 Å². The van der Waals surface area contributed by atoms with Gasteiger partial charge >= 0.3 is 13.6 Å². The Balaban J connectivity index is 4.35. The zero-order valence-corrected chi connectivity index (χ0v) is 9.29. The maximum absolute atomic E-state index is 11.2. The summed E-state index contributed by atoms with van der Waals surface area (Å²) >= 11 is 0. The van der Waals surface area contributed by atoms with Crippen molar-refractivity contribution >= 4 is 13.6 Å². The molecule has 0 rings (SSSR count). The number of hydrogen-bond acceptors (Lipinski definition) is 3. The first-order valence-corrected chi connectivity index (χ1v) is 6.02. The fraction of sp³-hybridized carbons (Fsp3) is 0.444. The van der Waals surface area contributed by atoms with E-state index in [1.165, 1.54) is 13.8 Å². The molecule has 0 aliphatic carbocycles. The summed E-state index contributed by atoms with van der Waals surface area (Å²) in [6, 6.07) is 0. The van der Waals surface area contributed by atoms with Crippen LogP contribution in [-0.4, -0.2) is 17.0 Å². The molecule has 0 spiro atoms. The van der Waals surface area contributed by atoms with Gasteiger partial charge in [0.15, 0.2) is 0 Å². The summed E-state index contributed by atoms with van der Waals surface area (Å²) < 4.78 is 15.5. The molecule has 1 unspecified atom stereocenters. The van der Waals surface area contributed by atoms with E-state index in [4.69, 9.17) is 4.89 Å². The molecule has 1 atom stereocenters. The van der Waals surface area contributed by atoms with Crippen molar-refractivity contribution in [3.05, 3.63) is 24.3 Å². The minimum atomic E-state index is -3.73. The first kappa shape index (κ1) is 13.1. The minimum absolute atomic E-state index is 0.0759. The SMILES string of the molecule is C=CC/C=C(\C)C(=O)OP(=O)(O)CC. The second-order valence-electron chi connectivity index (χ2n) is 2.74. The zero-order chi connectivity index (χ0) is 11.2. The van der Waals surface area contributed by atoms with Crippen LogP contribution < -0.4 is 0 Å². The van der Waals surface area contributed by atoms with Crippen LogP contribution in [0.15, 0.2) is 24.3 Å². The van der Waals surface area contributed by atoms with Gasteiger partial charge in [0.05, 0.1) is 6.16 Å². The van der Waals surface area contributed by atoms with E-state index in [0.29, 0.717) is 12.0 Å². The van der Waals surface area contributed by atoms with Crippen LogP contribution in [0, 0.1) is 0 Å². The monoisotopic (exact) mass is 218 g/mol. The standard InChI is InChI=1S/C9H15O4P/c1-4-6-7-8(3)9(10)13-14(11,12)5-2/h4,7H,1,5-6H2,2-3H3,(H,11,12)/b8-7+. The molecule has 80 valence electrons. The van der Waals surface area contributed by atoms with Crippen molar-refractivity contribution in [3.63, 3.8) is 0 Å². The van der Waals surface area contributed by atoms with E-state index in [1.54, 1.807) is 12.2 Å². The molecule has 0 aromatic heterocycles. The molecular formula is C9H15O4P. The van der Waals surface area contributed by atoms with Gasteiger partial charge in [-0.15, -0.1) is 6.58 Å². The van der Waals surface area contributed by atoms with E-state index in [0.717, 1.165) is 0 Å². The van der Waals surface area contributed by atoms with Crippen LogP contribution in [0.4, 0.5) is 0 Å². The summed E-state index contributed by atoms with van der Waals surface area (Å²) in [4.78, 5) is 20.2. The lowest BCUT2D eigenvalue weighted by atomic mass is 10.2. The molecule has 0 heterocycles. The predicted molar refractivity (Wildman–Crippen MR) is 55.0 cm³/mol. The number of allylic oxidation sites excluding steroid dienone is 2. The largest absolute Gasteiger partial charge is 0.388 e. The van der Waals surface area contributed by atoms with Gasteiger partial charge in [0.25, 0.3) is 0 Å². The van der Waals surface area contributed by atoms with Gasteiger partial charge in [-0.1, -0.05) is 19.1 Å². The van der Waals surface area contributed by atoms with Gasteiger partial charge in [-0.3, -0.25) is 0 Å².